The number of pyridine rings is 1. The van der Waals surface area contributed by atoms with Gasteiger partial charge in [-0.15, -0.1) is 0 Å². The maximum absolute atomic E-state index is 12.8. The third-order valence-electron chi connectivity index (χ3n) is 4.75. The second-order valence-corrected chi connectivity index (χ2v) is 9.05. The molecule has 0 spiro atoms. The summed E-state index contributed by atoms with van der Waals surface area (Å²) in [5.41, 5.74) is 1.05. The summed E-state index contributed by atoms with van der Waals surface area (Å²) in [6.07, 6.45) is 1.40. The SMILES string of the molecule is CC(C)c1ccc(NC(=O)Cn2cccc(S(=O)(=O)N3CCOCC3)c2=O)cc1. The number of amides is 1. The van der Waals surface area contributed by atoms with E-state index in [1.165, 1.54) is 22.6 Å². The van der Waals surface area contributed by atoms with Crippen LogP contribution in [0.1, 0.15) is 25.3 Å². The second-order valence-electron chi connectivity index (χ2n) is 7.15. The van der Waals surface area contributed by atoms with E-state index in [0.717, 1.165) is 10.1 Å². The molecule has 1 aromatic carbocycles. The fourth-order valence-corrected chi connectivity index (χ4v) is 4.56. The average Bonchev–Trinajstić information content (AvgIpc) is 2.70. The van der Waals surface area contributed by atoms with E-state index in [1.54, 1.807) is 12.1 Å². The predicted molar refractivity (Wildman–Crippen MR) is 109 cm³/mol. The Morgan fingerprint density at radius 3 is 2.41 bits per heavy atom. The molecule has 0 aliphatic carbocycles. The molecule has 3 rings (SSSR count). The Morgan fingerprint density at radius 2 is 1.79 bits per heavy atom. The Hall–Kier alpha value is -2.49. The van der Waals surface area contributed by atoms with Gasteiger partial charge in [-0.2, -0.15) is 4.31 Å². The fraction of sp³-hybridized carbons (Fsp3) is 0.400. The summed E-state index contributed by atoms with van der Waals surface area (Å²) in [5, 5.41) is 2.73. The maximum atomic E-state index is 12.8. The molecular formula is C20H25N3O5S. The molecule has 1 fully saturated rings. The molecule has 9 heteroatoms. The number of carbonyl (C=O) groups excluding carboxylic acids is 1. The van der Waals surface area contributed by atoms with Crippen molar-refractivity contribution in [3.63, 3.8) is 0 Å². The molecule has 1 N–H and O–H groups in total. The minimum Gasteiger partial charge on any atom is -0.379 e. The van der Waals surface area contributed by atoms with Crippen molar-refractivity contribution >= 4 is 21.6 Å². The predicted octanol–water partition coefficient (Wildman–Crippen LogP) is 1.63. The van der Waals surface area contributed by atoms with E-state index in [2.05, 4.69) is 19.2 Å². The van der Waals surface area contributed by atoms with Crippen molar-refractivity contribution < 1.29 is 17.9 Å². The number of nitrogens with zero attached hydrogens (tertiary/aromatic N) is 2. The number of aromatic nitrogens is 1. The highest BCUT2D eigenvalue weighted by Gasteiger charge is 2.29. The topological polar surface area (TPSA) is 97.7 Å². The first kappa shape index (κ1) is 21.2. The number of ether oxygens (including phenoxy) is 1. The first-order valence-corrected chi connectivity index (χ1v) is 10.9. The first-order valence-electron chi connectivity index (χ1n) is 9.46. The Bertz CT molecular complexity index is 1020. The van der Waals surface area contributed by atoms with Crippen LogP contribution in [-0.4, -0.2) is 49.5 Å². The van der Waals surface area contributed by atoms with Crippen LogP contribution < -0.4 is 10.9 Å². The molecule has 1 aromatic heterocycles. The van der Waals surface area contributed by atoms with Gasteiger partial charge in [0.15, 0.2) is 0 Å². The van der Waals surface area contributed by atoms with Crippen LogP contribution in [0.25, 0.3) is 0 Å². The number of nitrogens with one attached hydrogen (secondary N) is 1. The molecule has 1 aliphatic rings. The lowest BCUT2D eigenvalue weighted by atomic mass is 10.0. The molecule has 156 valence electrons. The lowest BCUT2D eigenvalue weighted by Crippen LogP contribution is -2.43. The summed E-state index contributed by atoms with van der Waals surface area (Å²) in [5.74, 6) is -0.0280. The average molecular weight is 420 g/mol. The number of benzene rings is 1. The van der Waals surface area contributed by atoms with Gasteiger partial charge in [-0.25, -0.2) is 8.42 Å². The van der Waals surface area contributed by atoms with E-state index >= 15 is 0 Å². The van der Waals surface area contributed by atoms with E-state index in [9.17, 15) is 18.0 Å². The highest BCUT2D eigenvalue weighted by molar-refractivity contribution is 7.89. The number of sulfonamides is 1. The number of hydrogen-bond acceptors (Lipinski definition) is 5. The van der Waals surface area contributed by atoms with E-state index in [4.69, 9.17) is 4.74 Å². The summed E-state index contributed by atoms with van der Waals surface area (Å²) in [7, 11) is -3.93. The molecular weight excluding hydrogens is 394 g/mol. The highest BCUT2D eigenvalue weighted by atomic mass is 32.2. The molecule has 29 heavy (non-hydrogen) atoms. The molecule has 0 atom stereocenters. The molecule has 1 aliphatic heterocycles. The van der Waals surface area contributed by atoms with Gasteiger partial charge in [0.05, 0.1) is 13.2 Å². The summed E-state index contributed by atoms with van der Waals surface area (Å²) in [6.45, 7) is 4.86. The van der Waals surface area contributed by atoms with Crippen LogP contribution in [0.4, 0.5) is 5.69 Å². The van der Waals surface area contributed by atoms with Crippen molar-refractivity contribution in [1.29, 1.82) is 0 Å². The third-order valence-corrected chi connectivity index (χ3v) is 6.66. The van der Waals surface area contributed by atoms with Crippen molar-refractivity contribution in [1.82, 2.24) is 8.87 Å². The Kier molecular flexibility index (Phi) is 6.51. The van der Waals surface area contributed by atoms with Crippen molar-refractivity contribution in [2.75, 3.05) is 31.6 Å². The molecule has 0 radical (unpaired) electrons. The zero-order valence-electron chi connectivity index (χ0n) is 16.5. The fourth-order valence-electron chi connectivity index (χ4n) is 3.07. The Labute approximate surface area is 170 Å². The molecule has 0 unspecified atom stereocenters. The van der Waals surface area contributed by atoms with E-state index in [0.29, 0.717) is 11.6 Å². The van der Waals surface area contributed by atoms with Gasteiger partial charge < -0.3 is 14.6 Å². The highest BCUT2D eigenvalue weighted by Crippen LogP contribution is 2.17. The van der Waals surface area contributed by atoms with Gasteiger partial charge in [0.25, 0.3) is 5.56 Å². The standard InChI is InChI=1S/C20H25N3O5S/c1-15(2)16-5-7-17(8-6-16)21-19(24)14-22-9-3-4-18(20(22)25)29(26,27)23-10-12-28-13-11-23/h3-9,15H,10-14H2,1-2H3,(H,21,24). The van der Waals surface area contributed by atoms with Crippen LogP contribution >= 0.6 is 0 Å². The number of carbonyl (C=O) groups is 1. The van der Waals surface area contributed by atoms with Crippen LogP contribution in [0.2, 0.25) is 0 Å². The normalized spacial score (nSPS) is 15.4. The summed E-state index contributed by atoms with van der Waals surface area (Å²) >= 11 is 0. The first-order chi connectivity index (χ1) is 13.8. The smallest absolute Gasteiger partial charge is 0.271 e. The number of rotatable bonds is 6. The summed E-state index contributed by atoms with van der Waals surface area (Å²) in [6, 6.07) is 10.2. The van der Waals surface area contributed by atoms with Crippen LogP contribution in [0.3, 0.4) is 0 Å². The van der Waals surface area contributed by atoms with Crippen molar-refractivity contribution in [2.45, 2.75) is 31.2 Å². The molecule has 0 saturated carbocycles. The second kappa shape index (κ2) is 8.89. The largest absolute Gasteiger partial charge is 0.379 e. The van der Waals surface area contributed by atoms with Crippen LogP contribution in [-0.2, 0) is 26.1 Å². The molecule has 1 saturated heterocycles. The van der Waals surface area contributed by atoms with Gasteiger partial charge in [-0.05, 0) is 35.7 Å². The third kappa shape index (κ3) is 4.92. The number of anilines is 1. The van der Waals surface area contributed by atoms with Crippen LogP contribution in [0, 0.1) is 0 Å². The lowest BCUT2D eigenvalue weighted by Gasteiger charge is -2.25. The maximum Gasteiger partial charge on any atom is 0.271 e. The minimum atomic E-state index is -3.93. The van der Waals surface area contributed by atoms with Gasteiger partial charge in [0, 0.05) is 25.0 Å². The zero-order chi connectivity index (χ0) is 21.0. The lowest BCUT2D eigenvalue weighted by molar-refractivity contribution is -0.116. The molecule has 0 bridgehead atoms. The molecule has 1 amide bonds. The molecule has 2 heterocycles. The van der Waals surface area contributed by atoms with Crippen molar-refractivity contribution in [3.8, 4) is 0 Å². The monoisotopic (exact) mass is 419 g/mol. The van der Waals surface area contributed by atoms with Gasteiger partial charge >= 0.3 is 0 Å². The molecule has 2 aromatic rings. The Balaban J connectivity index is 1.75. The van der Waals surface area contributed by atoms with E-state index in [-0.39, 0.29) is 37.7 Å². The Morgan fingerprint density at radius 1 is 1.14 bits per heavy atom. The number of hydrogen-bond donors (Lipinski definition) is 1. The van der Waals surface area contributed by atoms with E-state index < -0.39 is 21.5 Å². The van der Waals surface area contributed by atoms with E-state index in [1.807, 2.05) is 12.1 Å². The number of morpholine rings is 1. The molecule has 8 nitrogen and oxygen atoms in total. The van der Waals surface area contributed by atoms with Crippen LogP contribution in [0.15, 0.2) is 52.3 Å². The zero-order valence-corrected chi connectivity index (χ0v) is 17.3. The van der Waals surface area contributed by atoms with Gasteiger partial charge in [0.2, 0.25) is 15.9 Å². The van der Waals surface area contributed by atoms with Crippen LogP contribution in [0.5, 0.6) is 0 Å². The quantitative estimate of drug-likeness (QED) is 0.768. The summed E-state index contributed by atoms with van der Waals surface area (Å²) < 4.78 is 33.1. The van der Waals surface area contributed by atoms with Crippen molar-refractivity contribution in [2.24, 2.45) is 0 Å². The van der Waals surface area contributed by atoms with Crippen molar-refractivity contribution in [3.05, 3.63) is 58.5 Å². The van der Waals surface area contributed by atoms with Gasteiger partial charge in [-0.3, -0.25) is 9.59 Å². The minimum absolute atomic E-state index is 0.198. The summed E-state index contributed by atoms with van der Waals surface area (Å²) in [4.78, 5) is 24.7. The van der Waals surface area contributed by atoms with Gasteiger partial charge in [-0.1, -0.05) is 26.0 Å². The van der Waals surface area contributed by atoms with Gasteiger partial charge in [0.1, 0.15) is 11.4 Å².